The lowest BCUT2D eigenvalue weighted by Crippen LogP contribution is -2.25. The number of rotatable bonds is 7. The van der Waals surface area contributed by atoms with Crippen molar-refractivity contribution in [3.05, 3.63) is 53.0 Å². The van der Waals surface area contributed by atoms with Gasteiger partial charge in [0, 0.05) is 35.6 Å². The van der Waals surface area contributed by atoms with Crippen LogP contribution in [0.2, 0.25) is 0 Å². The van der Waals surface area contributed by atoms with Crippen molar-refractivity contribution in [3.8, 4) is 0 Å². The summed E-state index contributed by atoms with van der Waals surface area (Å²) in [5, 5.41) is 8.14. The zero-order valence-electron chi connectivity index (χ0n) is 14.2. The summed E-state index contributed by atoms with van der Waals surface area (Å²) in [6.07, 6.45) is 5.02. The molecule has 0 saturated heterocycles. The van der Waals surface area contributed by atoms with Crippen molar-refractivity contribution in [1.29, 1.82) is 0 Å². The molecule has 5 heteroatoms. The van der Waals surface area contributed by atoms with Gasteiger partial charge in [0.2, 0.25) is 5.91 Å². The number of H-pyrrole nitrogens is 1. The second-order valence-corrected chi connectivity index (χ2v) is 6.12. The van der Waals surface area contributed by atoms with Crippen LogP contribution in [0, 0.1) is 13.8 Å². The van der Waals surface area contributed by atoms with E-state index in [4.69, 9.17) is 4.52 Å². The van der Waals surface area contributed by atoms with Crippen LogP contribution < -0.4 is 5.32 Å². The van der Waals surface area contributed by atoms with Crippen LogP contribution in [-0.2, 0) is 17.6 Å². The molecule has 0 fully saturated rings. The third kappa shape index (κ3) is 3.67. The Kier molecular flexibility index (Phi) is 4.99. The van der Waals surface area contributed by atoms with Crippen LogP contribution in [0.1, 0.15) is 35.4 Å². The first-order chi connectivity index (χ1) is 11.6. The van der Waals surface area contributed by atoms with Crippen LogP contribution in [0.15, 0.2) is 35.0 Å². The smallest absolute Gasteiger partial charge is 0.220 e. The monoisotopic (exact) mass is 325 g/mol. The molecule has 5 nitrogen and oxygen atoms in total. The molecule has 126 valence electrons. The van der Waals surface area contributed by atoms with Crippen molar-refractivity contribution in [1.82, 2.24) is 15.5 Å². The van der Waals surface area contributed by atoms with E-state index in [9.17, 15) is 4.79 Å². The molecule has 0 spiro atoms. The summed E-state index contributed by atoms with van der Waals surface area (Å²) in [5.41, 5.74) is 4.41. The molecule has 2 N–H and O–H groups in total. The number of aromatic nitrogens is 2. The van der Waals surface area contributed by atoms with E-state index in [1.807, 2.05) is 38.2 Å². The minimum atomic E-state index is 0.0963. The molecule has 1 aromatic carbocycles. The van der Waals surface area contributed by atoms with Gasteiger partial charge in [-0.2, -0.15) is 0 Å². The number of hydrogen-bond acceptors (Lipinski definition) is 3. The minimum absolute atomic E-state index is 0.0963. The largest absolute Gasteiger partial charge is 0.361 e. The van der Waals surface area contributed by atoms with Gasteiger partial charge < -0.3 is 14.8 Å². The summed E-state index contributed by atoms with van der Waals surface area (Å²) in [5.74, 6) is 0.970. The lowest BCUT2D eigenvalue weighted by atomic mass is 10.1. The SMILES string of the molecule is Cc1noc(C)c1CCCNC(=O)CCc1c[nH]c2ccccc12. The highest BCUT2D eigenvalue weighted by Crippen LogP contribution is 2.19. The normalized spacial score (nSPS) is 11.1. The molecular formula is C19H23N3O2. The fourth-order valence-electron chi connectivity index (χ4n) is 3.03. The Bertz CT molecular complexity index is 813. The number of aryl methyl sites for hydroxylation is 3. The average molecular weight is 325 g/mol. The maximum Gasteiger partial charge on any atom is 0.220 e. The lowest BCUT2D eigenvalue weighted by Gasteiger charge is -2.05. The number of nitrogens with zero attached hydrogens (tertiary/aromatic N) is 1. The van der Waals surface area contributed by atoms with Crippen LogP contribution in [0.25, 0.3) is 10.9 Å². The van der Waals surface area contributed by atoms with Crippen LogP contribution in [0.4, 0.5) is 0 Å². The third-order valence-electron chi connectivity index (χ3n) is 4.40. The highest BCUT2D eigenvalue weighted by molar-refractivity contribution is 5.84. The van der Waals surface area contributed by atoms with Gasteiger partial charge in [0.1, 0.15) is 5.76 Å². The molecule has 2 heterocycles. The van der Waals surface area contributed by atoms with E-state index in [1.54, 1.807) is 0 Å². The molecule has 1 amide bonds. The molecule has 3 aromatic rings. The van der Waals surface area contributed by atoms with Gasteiger partial charge in [-0.3, -0.25) is 4.79 Å². The Balaban J connectivity index is 1.41. The van der Waals surface area contributed by atoms with Gasteiger partial charge in [0.05, 0.1) is 5.69 Å². The van der Waals surface area contributed by atoms with Gasteiger partial charge in [-0.1, -0.05) is 23.4 Å². The number of benzene rings is 1. The summed E-state index contributed by atoms with van der Waals surface area (Å²) in [7, 11) is 0. The zero-order valence-corrected chi connectivity index (χ0v) is 14.2. The van der Waals surface area contributed by atoms with Crippen LogP contribution in [0.3, 0.4) is 0 Å². The number of nitrogens with one attached hydrogen (secondary N) is 2. The van der Waals surface area contributed by atoms with Crippen molar-refractivity contribution < 1.29 is 9.32 Å². The Morgan fingerprint density at radius 1 is 1.25 bits per heavy atom. The molecule has 0 radical (unpaired) electrons. The van der Waals surface area contributed by atoms with E-state index >= 15 is 0 Å². The molecule has 0 atom stereocenters. The first-order valence-corrected chi connectivity index (χ1v) is 8.38. The zero-order chi connectivity index (χ0) is 16.9. The van der Waals surface area contributed by atoms with Crippen molar-refractivity contribution >= 4 is 16.8 Å². The fraction of sp³-hybridized carbons (Fsp3) is 0.368. The average Bonchev–Trinajstić information content (AvgIpc) is 3.14. The molecule has 2 aromatic heterocycles. The lowest BCUT2D eigenvalue weighted by molar-refractivity contribution is -0.121. The predicted molar refractivity (Wildman–Crippen MR) is 93.9 cm³/mol. The molecular weight excluding hydrogens is 302 g/mol. The molecule has 0 aliphatic rings. The van der Waals surface area contributed by atoms with Crippen molar-refractivity contribution in [2.24, 2.45) is 0 Å². The van der Waals surface area contributed by atoms with Gasteiger partial charge in [-0.25, -0.2) is 0 Å². The van der Waals surface area contributed by atoms with Crippen LogP contribution in [0.5, 0.6) is 0 Å². The number of fused-ring (bicyclic) bond motifs is 1. The van der Waals surface area contributed by atoms with Gasteiger partial charge in [0.15, 0.2) is 0 Å². The van der Waals surface area contributed by atoms with E-state index in [-0.39, 0.29) is 5.91 Å². The highest BCUT2D eigenvalue weighted by Gasteiger charge is 2.09. The predicted octanol–water partition coefficient (Wildman–Crippen LogP) is 3.45. The third-order valence-corrected chi connectivity index (χ3v) is 4.40. The van der Waals surface area contributed by atoms with Gasteiger partial charge >= 0.3 is 0 Å². The molecule has 0 bridgehead atoms. The molecule has 0 unspecified atom stereocenters. The Morgan fingerprint density at radius 2 is 2.08 bits per heavy atom. The second kappa shape index (κ2) is 7.34. The number of carbonyl (C=O) groups is 1. The quantitative estimate of drug-likeness (QED) is 0.654. The summed E-state index contributed by atoms with van der Waals surface area (Å²) < 4.78 is 5.15. The van der Waals surface area contributed by atoms with Gasteiger partial charge in [-0.15, -0.1) is 0 Å². The van der Waals surface area contributed by atoms with Crippen molar-refractivity contribution in [3.63, 3.8) is 0 Å². The standard InChI is InChI=1S/C19H23N3O2/c1-13-16(14(2)24-22-13)7-5-11-20-19(23)10-9-15-12-21-18-8-4-3-6-17(15)18/h3-4,6,8,12,21H,5,7,9-11H2,1-2H3,(H,20,23). The van der Waals surface area contributed by atoms with Gasteiger partial charge in [0.25, 0.3) is 0 Å². The summed E-state index contributed by atoms with van der Waals surface area (Å²) in [6, 6.07) is 8.17. The molecule has 3 rings (SSSR count). The minimum Gasteiger partial charge on any atom is -0.361 e. The molecule has 24 heavy (non-hydrogen) atoms. The highest BCUT2D eigenvalue weighted by atomic mass is 16.5. The number of amides is 1. The van der Waals surface area contributed by atoms with E-state index in [2.05, 4.69) is 21.5 Å². The summed E-state index contributed by atoms with van der Waals surface area (Å²) in [4.78, 5) is 15.3. The second-order valence-electron chi connectivity index (χ2n) is 6.12. The Labute approximate surface area is 141 Å². The van der Waals surface area contributed by atoms with E-state index in [0.717, 1.165) is 41.8 Å². The maximum atomic E-state index is 12.0. The summed E-state index contributed by atoms with van der Waals surface area (Å²) >= 11 is 0. The van der Waals surface area contributed by atoms with Crippen molar-refractivity contribution in [2.45, 2.75) is 39.5 Å². The first kappa shape index (κ1) is 16.3. The number of para-hydroxylation sites is 1. The number of aromatic amines is 1. The Morgan fingerprint density at radius 3 is 2.88 bits per heavy atom. The van der Waals surface area contributed by atoms with Gasteiger partial charge in [-0.05, 0) is 44.7 Å². The maximum absolute atomic E-state index is 12.0. The fourth-order valence-corrected chi connectivity index (χ4v) is 3.03. The topological polar surface area (TPSA) is 70.9 Å². The van der Waals surface area contributed by atoms with Crippen LogP contribution in [-0.4, -0.2) is 22.6 Å². The number of carbonyl (C=O) groups excluding carboxylic acids is 1. The van der Waals surface area contributed by atoms with Crippen molar-refractivity contribution in [2.75, 3.05) is 6.54 Å². The summed E-state index contributed by atoms with van der Waals surface area (Å²) in [6.45, 7) is 4.55. The Hall–Kier alpha value is -2.56. The molecule has 0 saturated carbocycles. The molecule has 0 aliphatic carbocycles. The van der Waals surface area contributed by atoms with E-state index < -0.39 is 0 Å². The van der Waals surface area contributed by atoms with Crippen LogP contribution >= 0.6 is 0 Å². The first-order valence-electron chi connectivity index (χ1n) is 8.38. The molecule has 0 aliphatic heterocycles. The van der Waals surface area contributed by atoms with E-state index in [1.165, 1.54) is 10.9 Å². The number of hydrogen-bond donors (Lipinski definition) is 2. The van der Waals surface area contributed by atoms with E-state index in [0.29, 0.717) is 13.0 Å².